The van der Waals surface area contributed by atoms with Crippen molar-refractivity contribution in [3.05, 3.63) is 0 Å². The molecule has 0 aromatic heterocycles. The van der Waals surface area contributed by atoms with E-state index in [2.05, 4.69) is 5.32 Å². The van der Waals surface area contributed by atoms with Gasteiger partial charge in [0, 0.05) is 13.0 Å². The molecule has 110 valence electrons. The number of carboxylic acid groups (broad SMARTS) is 1. The van der Waals surface area contributed by atoms with Crippen molar-refractivity contribution in [1.29, 1.82) is 0 Å². The van der Waals surface area contributed by atoms with E-state index >= 15 is 0 Å². The third-order valence-electron chi connectivity index (χ3n) is 3.49. The van der Waals surface area contributed by atoms with Gasteiger partial charge in [0.2, 0.25) is 5.91 Å². The van der Waals surface area contributed by atoms with Crippen LogP contribution in [-0.2, 0) is 9.59 Å². The van der Waals surface area contributed by atoms with Gasteiger partial charge >= 0.3 is 12.1 Å². The molecule has 0 bridgehead atoms. The van der Waals surface area contributed by atoms with E-state index in [4.69, 9.17) is 0 Å². The summed E-state index contributed by atoms with van der Waals surface area (Å²) in [5, 5.41) is 11.4. The fourth-order valence-electron chi connectivity index (χ4n) is 2.41. The monoisotopic (exact) mass is 281 g/mol. The summed E-state index contributed by atoms with van der Waals surface area (Å²) in [6.45, 7) is -0.502. The summed E-state index contributed by atoms with van der Waals surface area (Å²) in [5.74, 6) is -1.65. The van der Waals surface area contributed by atoms with Gasteiger partial charge < -0.3 is 10.4 Å². The molecule has 1 aliphatic rings. The molecule has 0 radical (unpaired) electrons. The molecule has 0 aromatic carbocycles. The normalized spacial score (nSPS) is 18.9. The van der Waals surface area contributed by atoms with E-state index < -0.39 is 36.4 Å². The number of carboxylic acids is 1. The molecule has 1 saturated carbocycles. The minimum absolute atomic E-state index is 0.236. The third kappa shape index (κ3) is 5.08. The van der Waals surface area contributed by atoms with Gasteiger partial charge in [-0.25, -0.2) is 0 Å². The molecule has 0 aliphatic heterocycles. The Hall–Kier alpha value is -1.27. The second-order valence-corrected chi connectivity index (χ2v) is 5.04. The van der Waals surface area contributed by atoms with Crippen LogP contribution in [0.2, 0.25) is 0 Å². The highest BCUT2D eigenvalue weighted by molar-refractivity contribution is 5.85. The molecule has 1 fully saturated rings. The number of carbonyl (C=O) groups is 2. The van der Waals surface area contributed by atoms with Crippen molar-refractivity contribution in [2.75, 3.05) is 6.54 Å². The molecule has 0 heterocycles. The lowest BCUT2D eigenvalue weighted by Crippen LogP contribution is -2.39. The van der Waals surface area contributed by atoms with Crippen molar-refractivity contribution >= 4 is 11.9 Å². The molecular weight excluding hydrogens is 263 g/mol. The Balaban J connectivity index is 2.46. The summed E-state index contributed by atoms with van der Waals surface area (Å²) in [7, 11) is 0. The van der Waals surface area contributed by atoms with Gasteiger partial charge in [-0.2, -0.15) is 13.2 Å². The lowest BCUT2D eigenvalue weighted by molar-refractivity contribution is -0.154. The number of halogens is 3. The first-order valence-electron chi connectivity index (χ1n) is 6.32. The van der Waals surface area contributed by atoms with E-state index in [9.17, 15) is 27.9 Å². The lowest BCUT2D eigenvalue weighted by Gasteiger charge is -2.32. The first-order valence-corrected chi connectivity index (χ1v) is 6.32. The van der Waals surface area contributed by atoms with Crippen LogP contribution in [0.25, 0.3) is 0 Å². The van der Waals surface area contributed by atoms with Crippen molar-refractivity contribution < 1.29 is 27.9 Å². The zero-order valence-corrected chi connectivity index (χ0v) is 10.6. The van der Waals surface area contributed by atoms with Crippen molar-refractivity contribution in [3.63, 3.8) is 0 Å². The number of hydrogen-bond donors (Lipinski definition) is 2. The predicted molar refractivity (Wildman–Crippen MR) is 61.5 cm³/mol. The summed E-state index contributed by atoms with van der Waals surface area (Å²) in [5.41, 5.74) is -1.10. The molecule has 1 amide bonds. The zero-order valence-electron chi connectivity index (χ0n) is 10.6. The molecule has 0 saturated heterocycles. The van der Waals surface area contributed by atoms with E-state index in [1.54, 1.807) is 0 Å². The Morgan fingerprint density at radius 3 is 2.21 bits per heavy atom. The van der Waals surface area contributed by atoms with Gasteiger partial charge in [0.15, 0.2) is 0 Å². The topological polar surface area (TPSA) is 66.4 Å². The second kappa shape index (κ2) is 6.25. The number of alkyl halides is 3. The highest BCUT2D eigenvalue weighted by atomic mass is 19.4. The van der Waals surface area contributed by atoms with Crippen molar-refractivity contribution in [3.8, 4) is 0 Å². The summed E-state index contributed by atoms with van der Waals surface area (Å²) >= 11 is 0. The fourth-order valence-corrected chi connectivity index (χ4v) is 2.41. The summed E-state index contributed by atoms with van der Waals surface area (Å²) < 4.78 is 35.8. The quantitative estimate of drug-likeness (QED) is 0.813. The number of aliphatic carboxylic acids is 1. The Labute approximate surface area is 109 Å². The second-order valence-electron chi connectivity index (χ2n) is 5.04. The molecule has 0 unspecified atom stereocenters. The van der Waals surface area contributed by atoms with Crippen LogP contribution in [0.3, 0.4) is 0 Å². The summed E-state index contributed by atoms with van der Waals surface area (Å²) in [6.07, 6.45) is -2.42. The standard InChI is InChI=1S/C12H18F3NO3/c13-12(14,15)6-7-16-9(17)8-11(10(18)19)4-2-1-3-5-11/h1-8H2,(H,16,17)(H,18,19). The van der Waals surface area contributed by atoms with Gasteiger partial charge in [0.25, 0.3) is 0 Å². The van der Waals surface area contributed by atoms with Crippen LogP contribution >= 0.6 is 0 Å². The maximum atomic E-state index is 11.9. The molecule has 4 nitrogen and oxygen atoms in total. The van der Waals surface area contributed by atoms with E-state index in [1.807, 2.05) is 0 Å². The highest BCUT2D eigenvalue weighted by Gasteiger charge is 2.41. The first kappa shape index (κ1) is 15.8. The van der Waals surface area contributed by atoms with Gasteiger partial charge in [-0.15, -0.1) is 0 Å². The zero-order chi connectivity index (χ0) is 14.5. The average Bonchev–Trinajstić information content (AvgIpc) is 2.28. The average molecular weight is 281 g/mol. The Kier molecular flexibility index (Phi) is 5.20. The SMILES string of the molecule is O=C(CC1(C(=O)O)CCCCC1)NCCC(F)(F)F. The van der Waals surface area contributed by atoms with Gasteiger partial charge in [-0.3, -0.25) is 9.59 Å². The highest BCUT2D eigenvalue weighted by Crippen LogP contribution is 2.39. The first-order chi connectivity index (χ1) is 8.75. The predicted octanol–water partition coefficient (Wildman–Crippen LogP) is 2.48. The Morgan fingerprint density at radius 2 is 1.74 bits per heavy atom. The number of rotatable bonds is 5. The van der Waals surface area contributed by atoms with Crippen LogP contribution in [0.1, 0.15) is 44.9 Å². The minimum Gasteiger partial charge on any atom is -0.481 e. The molecule has 19 heavy (non-hydrogen) atoms. The van der Waals surface area contributed by atoms with Crippen LogP contribution < -0.4 is 5.32 Å². The van der Waals surface area contributed by atoms with Gasteiger partial charge in [-0.1, -0.05) is 19.3 Å². The Morgan fingerprint density at radius 1 is 1.16 bits per heavy atom. The fraction of sp³-hybridized carbons (Fsp3) is 0.833. The van der Waals surface area contributed by atoms with E-state index in [0.29, 0.717) is 12.8 Å². The number of carbonyl (C=O) groups excluding carboxylic acids is 1. The smallest absolute Gasteiger partial charge is 0.390 e. The van der Waals surface area contributed by atoms with Crippen LogP contribution in [0, 0.1) is 5.41 Å². The number of amides is 1. The maximum Gasteiger partial charge on any atom is 0.390 e. The molecule has 2 N–H and O–H groups in total. The molecule has 0 spiro atoms. The number of hydrogen-bond acceptors (Lipinski definition) is 2. The van der Waals surface area contributed by atoms with Crippen molar-refractivity contribution in [2.24, 2.45) is 5.41 Å². The molecule has 1 aliphatic carbocycles. The van der Waals surface area contributed by atoms with Crippen LogP contribution in [0.5, 0.6) is 0 Å². The van der Waals surface area contributed by atoms with Crippen molar-refractivity contribution in [2.45, 2.75) is 51.1 Å². The van der Waals surface area contributed by atoms with E-state index in [-0.39, 0.29) is 6.42 Å². The van der Waals surface area contributed by atoms with Crippen LogP contribution in [0.15, 0.2) is 0 Å². The van der Waals surface area contributed by atoms with Gasteiger partial charge in [-0.05, 0) is 12.8 Å². The Bertz CT molecular complexity index is 336. The lowest BCUT2D eigenvalue weighted by atomic mass is 9.71. The molecular formula is C12H18F3NO3. The van der Waals surface area contributed by atoms with E-state index in [0.717, 1.165) is 19.3 Å². The molecule has 0 atom stereocenters. The largest absolute Gasteiger partial charge is 0.481 e. The summed E-state index contributed by atoms with van der Waals surface area (Å²) in [4.78, 5) is 22.8. The third-order valence-corrected chi connectivity index (χ3v) is 3.49. The molecule has 7 heteroatoms. The molecule has 0 aromatic rings. The number of nitrogens with one attached hydrogen (secondary N) is 1. The van der Waals surface area contributed by atoms with Crippen LogP contribution in [0.4, 0.5) is 13.2 Å². The minimum atomic E-state index is -4.32. The summed E-state index contributed by atoms with van der Waals surface area (Å²) in [6, 6.07) is 0. The van der Waals surface area contributed by atoms with Gasteiger partial charge in [0.1, 0.15) is 0 Å². The van der Waals surface area contributed by atoms with E-state index in [1.165, 1.54) is 0 Å². The van der Waals surface area contributed by atoms with Gasteiger partial charge in [0.05, 0.1) is 11.8 Å². The molecule has 1 rings (SSSR count). The van der Waals surface area contributed by atoms with Crippen molar-refractivity contribution in [1.82, 2.24) is 5.32 Å². The van der Waals surface area contributed by atoms with Crippen LogP contribution in [-0.4, -0.2) is 29.7 Å². The maximum absolute atomic E-state index is 11.9.